The van der Waals surface area contributed by atoms with Gasteiger partial charge in [-0.25, -0.2) is 9.97 Å². The van der Waals surface area contributed by atoms with Crippen LogP contribution in [0.15, 0.2) is 83.9 Å². The third kappa shape index (κ3) is 5.57. The van der Waals surface area contributed by atoms with Crippen molar-refractivity contribution in [3.63, 3.8) is 0 Å². The van der Waals surface area contributed by atoms with Crippen molar-refractivity contribution >= 4 is 0 Å². The Morgan fingerprint density at radius 1 is 0.912 bits per heavy atom. The fourth-order valence-electron chi connectivity index (χ4n) is 4.23. The Labute approximate surface area is 199 Å². The second-order valence-corrected chi connectivity index (χ2v) is 8.80. The summed E-state index contributed by atoms with van der Waals surface area (Å²) in [5.41, 5.74) is 4.07. The van der Waals surface area contributed by atoms with E-state index in [4.69, 9.17) is 4.52 Å². The van der Waals surface area contributed by atoms with Gasteiger partial charge in [0.2, 0.25) is 0 Å². The average Bonchev–Trinajstić information content (AvgIpc) is 3.34. The van der Waals surface area contributed by atoms with Crippen molar-refractivity contribution in [2.75, 3.05) is 13.1 Å². The van der Waals surface area contributed by atoms with Crippen LogP contribution in [0.5, 0.6) is 0 Å². The molecule has 6 heteroatoms. The summed E-state index contributed by atoms with van der Waals surface area (Å²) in [6.07, 6.45) is 6.80. The van der Waals surface area contributed by atoms with Crippen molar-refractivity contribution in [3.8, 4) is 23.1 Å². The highest BCUT2D eigenvalue weighted by Gasteiger charge is 2.33. The molecular formula is C28H26N4O2. The highest BCUT2D eigenvalue weighted by molar-refractivity contribution is 5.58. The molecule has 0 bridgehead atoms. The van der Waals surface area contributed by atoms with Gasteiger partial charge in [-0.2, -0.15) is 0 Å². The molecule has 0 radical (unpaired) electrons. The topological polar surface area (TPSA) is 75.3 Å². The summed E-state index contributed by atoms with van der Waals surface area (Å²) in [5, 5.41) is 15.3. The smallest absolute Gasteiger partial charge is 0.140 e. The minimum atomic E-state index is -0.759. The van der Waals surface area contributed by atoms with Gasteiger partial charge in [0, 0.05) is 55.6 Å². The zero-order chi connectivity index (χ0) is 23.2. The van der Waals surface area contributed by atoms with Crippen molar-refractivity contribution in [2.45, 2.75) is 31.4 Å². The second-order valence-electron chi connectivity index (χ2n) is 8.80. The molecule has 0 unspecified atom stereocenters. The van der Waals surface area contributed by atoms with Gasteiger partial charge in [-0.05, 0) is 30.5 Å². The number of hydrogen-bond donors (Lipinski definition) is 1. The molecule has 2 aromatic heterocycles. The van der Waals surface area contributed by atoms with E-state index in [9.17, 15) is 5.11 Å². The van der Waals surface area contributed by atoms with Crippen LogP contribution < -0.4 is 0 Å². The van der Waals surface area contributed by atoms with Crippen molar-refractivity contribution in [3.05, 3.63) is 102 Å². The van der Waals surface area contributed by atoms with E-state index < -0.39 is 5.60 Å². The first kappa shape index (κ1) is 22.0. The number of hydrogen-bond acceptors (Lipinski definition) is 6. The van der Waals surface area contributed by atoms with Crippen molar-refractivity contribution in [1.29, 1.82) is 0 Å². The van der Waals surface area contributed by atoms with Crippen molar-refractivity contribution < 1.29 is 9.63 Å². The Kier molecular flexibility index (Phi) is 6.48. The third-order valence-corrected chi connectivity index (χ3v) is 6.19. The van der Waals surface area contributed by atoms with Gasteiger partial charge in [0.15, 0.2) is 0 Å². The Balaban J connectivity index is 1.13. The molecule has 6 nitrogen and oxygen atoms in total. The molecule has 1 saturated heterocycles. The van der Waals surface area contributed by atoms with E-state index in [1.54, 1.807) is 12.4 Å². The molecule has 1 N–H and O–H groups in total. The lowest BCUT2D eigenvalue weighted by Crippen LogP contribution is -2.45. The number of aliphatic hydroxyl groups is 1. The van der Waals surface area contributed by atoms with Crippen LogP contribution in [0.25, 0.3) is 11.3 Å². The van der Waals surface area contributed by atoms with E-state index in [2.05, 4.69) is 44.0 Å². The lowest BCUT2D eigenvalue weighted by molar-refractivity contribution is -0.0265. The monoisotopic (exact) mass is 450 g/mol. The summed E-state index contributed by atoms with van der Waals surface area (Å²) in [5.74, 6) is 6.95. The molecule has 0 spiro atoms. The van der Waals surface area contributed by atoms with E-state index in [0.717, 1.165) is 47.8 Å². The van der Waals surface area contributed by atoms with Gasteiger partial charge in [-0.1, -0.05) is 59.5 Å². The molecule has 170 valence electrons. The first-order chi connectivity index (χ1) is 16.7. The Hall–Kier alpha value is -3.79. The van der Waals surface area contributed by atoms with Gasteiger partial charge in [0.25, 0.3) is 0 Å². The lowest BCUT2D eigenvalue weighted by atomic mass is 9.87. The molecule has 0 atom stereocenters. The molecule has 0 aliphatic carbocycles. The first-order valence-corrected chi connectivity index (χ1v) is 11.5. The Morgan fingerprint density at radius 2 is 1.62 bits per heavy atom. The van der Waals surface area contributed by atoms with Gasteiger partial charge in [0.05, 0.1) is 11.2 Å². The number of piperidine rings is 1. The van der Waals surface area contributed by atoms with Crippen LogP contribution in [-0.2, 0) is 13.0 Å². The number of likely N-dealkylation sites (tertiary alicyclic amines) is 1. The molecule has 3 heterocycles. The van der Waals surface area contributed by atoms with Crippen LogP contribution in [0.3, 0.4) is 0 Å². The van der Waals surface area contributed by atoms with Gasteiger partial charge in [0.1, 0.15) is 17.8 Å². The van der Waals surface area contributed by atoms with Gasteiger partial charge < -0.3 is 9.63 Å². The predicted molar refractivity (Wildman–Crippen MR) is 130 cm³/mol. The van der Waals surface area contributed by atoms with Gasteiger partial charge in [-0.15, -0.1) is 0 Å². The third-order valence-electron chi connectivity index (χ3n) is 6.19. The molecule has 1 fully saturated rings. The summed E-state index contributed by atoms with van der Waals surface area (Å²) in [6.45, 7) is 2.54. The van der Waals surface area contributed by atoms with Crippen LogP contribution in [0.4, 0.5) is 0 Å². The fraction of sp³-hybridized carbons (Fsp3) is 0.250. The fourth-order valence-corrected chi connectivity index (χ4v) is 4.23. The van der Waals surface area contributed by atoms with Crippen LogP contribution in [-0.4, -0.2) is 43.8 Å². The van der Waals surface area contributed by atoms with Crippen LogP contribution in [0.1, 0.15) is 35.3 Å². The Bertz CT molecular complexity index is 1270. The number of rotatable bonds is 5. The van der Waals surface area contributed by atoms with E-state index in [-0.39, 0.29) is 0 Å². The lowest BCUT2D eigenvalue weighted by Gasteiger charge is -2.37. The van der Waals surface area contributed by atoms with E-state index in [1.165, 1.54) is 11.9 Å². The maximum atomic E-state index is 11.1. The van der Waals surface area contributed by atoms with Gasteiger partial charge in [-0.3, -0.25) is 4.90 Å². The highest BCUT2D eigenvalue weighted by Crippen LogP contribution is 2.29. The average molecular weight is 451 g/mol. The quantitative estimate of drug-likeness (QED) is 0.462. The maximum Gasteiger partial charge on any atom is 0.140 e. The van der Waals surface area contributed by atoms with Crippen molar-refractivity contribution in [1.82, 2.24) is 20.0 Å². The first-order valence-electron chi connectivity index (χ1n) is 11.5. The minimum absolute atomic E-state index is 0.487. The number of nitrogens with zero attached hydrogens (tertiary/aromatic N) is 4. The number of aromatic nitrogens is 3. The number of benzene rings is 2. The SMILES string of the molecule is OC1(Cc2cc(-c3ccccc3)no2)CCN(Cc2ccc(C#Cc3cncnc3)cc2)CC1. The normalized spacial score (nSPS) is 15.4. The Morgan fingerprint density at radius 3 is 2.35 bits per heavy atom. The van der Waals surface area contributed by atoms with E-state index >= 15 is 0 Å². The second kappa shape index (κ2) is 10.0. The molecule has 0 amide bonds. The largest absolute Gasteiger partial charge is 0.389 e. The summed E-state index contributed by atoms with van der Waals surface area (Å²) in [4.78, 5) is 10.3. The highest BCUT2D eigenvalue weighted by atomic mass is 16.5. The standard InChI is InChI=1S/C28H26N4O2/c33-28(17-26-16-27(31-34-26)25-4-2-1-3-5-25)12-14-32(15-13-28)20-23-9-6-22(7-10-23)8-11-24-18-29-21-30-19-24/h1-7,9-10,16,18-19,21,33H,12-15,17,20H2. The molecule has 1 aliphatic rings. The molecule has 0 saturated carbocycles. The predicted octanol–water partition coefficient (Wildman–Crippen LogP) is 4.10. The molecule has 5 rings (SSSR count). The molecule has 1 aliphatic heterocycles. The molecular weight excluding hydrogens is 424 g/mol. The van der Waals surface area contributed by atoms with E-state index in [1.807, 2.05) is 48.5 Å². The van der Waals surface area contributed by atoms with Gasteiger partial charge >= 0.3 is 0 Å². The summed E-state index contributed by atoms with van der Waals surface area (Å²) in [7, 11) is 0. The molecule has 2 aromatic carbocycles. The zero-order valence-corrected chi connectivity index (χ0v) is 18.9. The molecule has 4 aromatic rings. The summed E-state index contributed by atoms with van der Waals surface area (Å²) < 4.78 is 5.53. The molecule has 34 heavy (non-hydrogen) atoms. The maximum absolute atomic E-state index is 11.1. The van der Waals surface area contributed by atoms with E-state index in [0.29, 0.717) is 19.3 Å². The minimum Gasteiger partial charge on any atom is -0.389 e. The van der Waals surface area contributed by atoms with Crippen LogP contribution >= 0.6 is 0 Å². The van der Waals surface area contributed by atoms with Crippen molar-refractivity contribution in [2.24, 2.45) is 0 Å². The summed E-state index contributed by atoms with van der Waals surface area (Å²) in [6, 6.07) is 20.2. The van der Waals surface area contributed by atoms with Crippen LogP contribution in [0.2, 0.25) is 0 Å². The van der Waals surface area contributed by atoms with Crippen LogP contribution in [0, 0.1) is 11.8 Å². The zero-order valence-electron chi connectivity index (χ0n) is 18.9. The summed E-state index contributed by atoms with van der Waals surface area (Å²) >= 11 is 0.